The van der Waals surface area contributed by atoms with E-state index in [1.54, 1.807) is 0 Å². The average molecular weight is 450 g/mol. The molecule has 12 nitrogen and oxygen atoms in total. The number of aliphatic imine (C=N–C) groups is 1. The van der Waals surface area contributed by atoms with Gasteiger partial charge in [0, 0.05) is 43.4 Å². The van der Waals surface area contributed by atoms with Crippen molar-refractivity contribution in [2.75, 3.05) is 20.6 Å². The smallest absolute Gasteiger partial charge is 0.407 e. The van der Waals surface area contributed by atoms with Crippen LogP contribution in [0.25, 0.3) is 0 Å². The van der Waals surface area contributed by atoms with E-state index in [9.17, 15) is 24.5 Å². The minimum Gasteiger partial charge on any atom is -0.465 e. The second-order valence-electron chi connectivity index (χ2n) is 8.31. The summed E-state index contributed by atoms with van der Waals surface area (Å²) in [5.41, 5.74) is 2.93. The van der Waals surface area contributed by atoms with Gasteiger partial charge in [0.05, 0.1) is 11.8 Å². The van der Waals surface area contributed by atoms with Crippen LogP contribution in [-0.2, 0) is 10.3 Å². The lowest BCUT2D eigenvalue weighted by Gasteiger charge is -2.32. The van der Waals surface area contributed by atoms with Crippen molar-refractivity contribution in [3.05, 3.63) is 45.4 Å². The Morgan fingerprint density at radius 2 is 1.91 bits per heavy atom. The molecule has 1 aliphatic heterocycles. The highest BCUT2D eigenvalue weighted by Crippen LogP contribution is 2.33. The molecule has 0 aliphatic carbocycles. The summed E-state index contributed by atoms with van der Waals surface area (Å²) in [5, 5.41) is 20.3. The maximum absolute atomic E-state index is 11.9. The van der Waals surface area contributed by atoms with E-state index in [4.69, 9.17) is 10.8 Å². The number of nitrogens with zero attached hydrogens (tertiary/aromatic N) is 4. The predicted octanol–water partition coefficient (Wildman–Crippen LogP) is 1.82. The van der Waals surface area contributed by atoms with E-state index < -0.39 is 28.4 Å². The Morgan fingerprint density at radius 3 is 2.28 bits per heavy atom. The van der Waals surface area contributed by atoms with Gasteiger partial charge in [-0.2, -0.15) is 0 Å². The molecule has 0 aromatic carbocycles. The number of primary amides is 1. The molecule has 0 spiro atoms. The van der Waals surface area contributed by atoms with Gasteiger partial charge in [-0.1, -0.05) is 6.92 Å². The largest absolute Gasteiger partial charge is 0.465 e. The third-order valence-electron chi connectivity index (χ3n) is 4.60. The van der Waals surface area contributed by atoms with Crippen LogP contribution in [0, 0.1) is 10.1 Å². The van der Waals surface area contributed by atoms with Crippen LogP contribution in [0.4, 0.5) is 4.79 Å². The SMILES string of the molecule is CCCN(C(=O)O)C(C)(C)C.CN(C)C(=O)C1=CC(c2cc[nH]c2C(N)=O)([N+](=O)[O-])C=N1. The molecular formula is C20H30N6O6. The number of hydrogen-bond acceptors (Lipinski definition) is 6. The topological polar surface area (TPSA) is 175 Å². The fourth-order valence-electron chi connectivity index (χ4n) is 2.99. The van der Waals surface area contributed by atoms with Gasteiger partial charge >= 0.3 is 11.6 Å². The molecule has 3 amide bonds. The van der Waals surface area contributed by atoms with Crippen LogP contribution in [-0.4, -0.2) is 75.1 Å². The summed E-state index contributed by atoms with van der Waals surface area (Å²) in [6.07, 6.45) is 3.54. The zero-order valence-electron chi connectivity index (χ0n) is 19.1. The molecule has 1 aromatic rings. The quantitative estimate of drug-likeness (QED) is 0.440. The normalized spacial score (nSPS) is 17.1. The van der Waals surface area contributed by atoms with Gasteiger partial charge in [-0.05, 0) is 33.3 Å². The average Bonchev–Trinajstić information content (AvgIpc) is 3.32. The van der Waals surface area contributed by atoms with Gasteiger partial charge in [-0.3, -0.25) is 19.7 Å². The minimum atomic E-state index is -1.88. The molecule has 1 aromatic heterocycles. The van der Waals surface area contributed by atoms with E-state index >= 15 is 0 Å². The number of nitrogens with one attached hydrogen (secondary N) is 1. The number of H-pyrrole nitrogens is 1. The Labute approximate surface area is 185 Å². The molecule has 176 valence electrons. The molecule has 1 atom stereocenters. The number of hydrogen-bond donors (Lipinski definition) is 3. The number of likely N-dealkylation sites (N-methyl/N-ethyl adjacent to an activating group) is 1. The first-order chi connectivity index (χ1) is 14.7. The van der Waals surface area contributed by atoms with Gasteiger partial charge in [0.2, 0.25) is 0 Å². The Bertz CT molecular complexity index is 943. The Morgan fingerprint density at radius 1 is 1.31 bits per heavy atom. The van der Waals surface area contributed by atoms with Gasteiger partial charge in [-0.25, -0.2) is 9.79 Å². The van der Waals surface area contributed by atoms with Crippen molar-refractivity contribution in [2.24, 2.45) is 10.7 Å². The van der Waals surface area contributed by atoms with Crippen molar-refractivity contribution in [1.29, 1.82) is 0 Å². The van der Waals surface area contributed by atoms with E-state index in [0.717, 1.165) is 18.7 Å². The zero-order chi connectivity index (χ0) is 24.9. The second-order valence-corrected chi connectivity index (χ2v) is 8.31. The first kappa shape index (κ1) is 26.3. The molecule has 0 radical (unpaired) electrons. The lowest BCUT2D eigenvalue weighted by atomic mass is 9.92. The maximum atomic E-state index is 11.9. The van der Waals surface area contributed by atoms with Crippen molar-refractivity contribution in [2.45, 2.75) is 45.2 Å². The zero-order valence-corrected chi connectivity index (χ0v) is 19.1. The summed E-state index contributed by atoms with van der Waals surface area (Å²) in [7, 11) is 3.02. The highest BCUT2D eigenvalue weighted by Gasteiger charge is 2.48. The van der Waals surface area contributed by atoms with Crippen molar-refractivity contribution >= 4 is 24.1 Å². The van der Waals surface area contributed by atoms with Crippen LogP contribution in [0.5, 0.6) is 0 Å². The van der Waals surface area contributed by atoms with E-state index in [2.05, 4.69) is 9.98 Å². The van der Waals surface area contributed by atoms with E-state index in [1.807, 2.05) is 27.7 Å². The molecule has 0 saturated carbocycles. The predicted molar refractivity (Wildman–Crippen MR) is 118 cm³/mol. The molecule has 0 fully saturated rings. The number of nitrogens with two attached hydrogens (primary N) is 1. The van der Waals surface area contributed by atoms with Crippen LogP contribution < -0.4 is 5.73 Å². The monoisotopic (exact) mass is 450 g/mol. The van der Waals surface area contributed by atoms with Crippen molar-refractivity contribution in [1.82, 2.24) is 14.8 Å². The Kier molecular flexibility index (Phi) is 8.29. The Hall–Kier alpha value is -3.70. The molecular weight excluding hydrogens is 420 g/mol. The number of carbonyl (C=O) groups excluding carboxylic acids is 2. The number of aromatic amines is 1. The lowest BCUT2D eigenvalue weighted by Crippen LogP contribution is -2.45. The van der Waals surface area contributed by atoms with Gasteiger partial charge < -0.3 is 25.6 Å². The molecule has 32 heavy (non-hydrogen) atoms. The molecule has 2 heterocycles. The molecule has 0 bridgehead atoms. The fourth-order valence-corrected chi connectivity index (χ4v) is 2.99. The first-order valence-corrected chi connectivity index (χ1v) is 9.81. The number of carboxylic acid groups (broad SMARTS) is 1. The number of amides is 3. The summed E-state index contributed by atoms with van der Waals surface area (Å²) in [4.78, 5) is 53.9. The van der Waals surface area contributed by atoms with E-state index in [0.29, 0.717) is 6.54 Å². The molecule has 12 heteroatoms. The summed E-state index contributed by atoms with van der Waals surface area (Å²) >= 11 is 0. The van der Waals surface area contributed by atoms with E-state index in [1.165, 1.54) is 36.2 Å². The maximum Gasteiger partial charge on any atom is 0.407 e. The number of aromatic nitrogens is 1. The molecule has 4 N–H and O–H groups in total. The molecule has 0 saturated heterocycles. The first-order valence-electron chi connectivity index (χ1n) is 9.81. The van der Waals surface area contributed by atoms with Gasteiger partial charge in [0.1, 0.15) is 11.4 Å². The third-order valence-corrected chi connectivity index (χ3v) is 4.60. The molecule has 1 unspecified atom stereocenters. The summed E-state index contributed by atoms with van der Waals surface area (Å²) in [6, 6.07) is 1.37. The third kappa shape index (κ3) is 5.71. The number of nitro groups is 1. The standard InChI is InChI=1S/C12H13N5O4.C8H17NO2/c1-16(2)11(19)8-5-12(6-15-8,17(20)21)7-3-4-14-9(7)10(13)18;1-5-6-9(7(10)11)8(2,3)4/h3-6,14H,1-2H3,(H2,13,18);5-6H2,1-4H3,(H,10,11). The highest BCUT2D eigenvalue weighted by atomic mass is 16.6. The number of rotatable bonds is 6. The van der Waals surface area contributed by atoms with Gasteiger partial charge in [-0.15, -0.1) is 0 Å². The summed E-state index contributed by atoms with van der Waals surface area (Å²) < 4.78 is 0. The van der Waals surface area contributed by atoms with Gasteiger partial charge in [0.15, 0.2) is 0 Å². The van der Waals surface area contributed by atoms with Crippen molar-refractivity contribution in [3.8, 4) is 0 Å². The van der Waals surface area contributed by atoms with Crippen LogP contribution in [0.2, 0.25) is 0 Å². The summed E-state index contributed by atoms with van der Waals surface area (Å²) in [6.45, 7) is 8.28. The second kappa shape index (κ2) is 10.1. The molecule has 1 aliphatic rings. The Balaban J connectivity index is 0.000000396. The minimum absolute atomic E-state index is 0.0466. The summed E-state index contributed by atoms with van der Waals surface area (Å²) in [5.74, 6) is -1.29. The van der Waals surface area contributed by atoms with Crippen LogP contribution in [0.1, 0.15) is 50.2 Å². The van der Waals surface area contributed by atoms with Crippen LogP contribution >= 0.6 is 0 Å². The van der Waals surface area contributed by atoms with Crippen molar-refractivity contribution < 1.29 is 24.4 Å². The highest BCUT2D eigenvalue weighted by molar-refractivity contribution is 6.00. The molecule has 2 rings (SSSR count). The number of carbonyl (C=O) groups is 3. The van der Waals surface area contributed by atoms with E-state index in [-0.39, 0.29) is 22.5 Å². The fraction of sp³-hybridized carbons (Fsp3) is 0.500. The van der Waals surface area contributed by atoms with Crippen LogP contribution in [0.15, 0.2) is 29.0 Å². The van der Waals surface area contributed by atoms with Crippen LogP contribution in [0.3, 0.4) is 0 Å². The van der Waals surface area contributed by atoms with Gasteiger partial charge in [0.25, 0.3) is 11.8 Å². The van der Waals surface area contributed by atoms with Crippen molar-refractivity contribution in [3.63, 3.8) is 0 Å². The lowest BCUT2D eigenvalue weighted by molar-refractivity contribution is -0.539.